The molecule has 2 fully saturated rings. The second-order valence-corrected chi connectivity index (χ2v) is 10.9. The van der Waals surface area contributed by atoms with Gasteiger partial charge in [-0.3, -0.25) is 4.79 Å². The van der Waals surface area contributed by atoms with E-state index in [2.05, 4.69) is 22.0 Å². The van der Waals surface area contributed by atoms with E-state index in [0.29, 0.717) is 11.6 Å². The van der Waals surface area contributed by atoms with Gasteiger partial charge in [0.25, 0.3) is 0 Å². The summed E-state index contributed by atoms with van der Waals surface area (Å²) in [7, 11) is -1.49. The highest BCUT2D eigenvalue weighted by Gasteiger charge is 2.27. The zero-order valence-corrected chi connectivity index (χ0v) is 19.4. The minimum Gasteiger partial charge on any atom is -0.326 e. The van der Waals surface area contributed by atoms with Crippen molar-refractivity contribution in [1.82, 2.24) is 9.62 Å². The molecule has 7 heteroatoms. The van der Waals surface area contributed by atoms with Gasteiger partial charge in [0.1, 0.15) is 0 Å². The lowest BCUT2D eigenvalue weighted by Gasteiger charge is -2.32. The van der Waals surface area contributed by atoms with Crippen molar-refractivity contribution in [1.29, 1.82) is 0 Å². The van der Waals surface area contributed by atoms with E-state index in [1.54, 1.807) is 18.2 Å². The number of anilines is 1. The number of sulfonamides is 1. The molecule has 1 saturated carbocycles. The number of aryl methyl sites for hydroxylation is 1. The predicted octanol–water partition coefficient (Wildman–Crippen LogP) is 3.91. The molecule has 1 aromatic carbocycles. The Morgan fingerprint density at radius 2 is 1.70 bits per heavy atom. The second kappa shape index (κ2) is 10.2. The number of amides is 1. The van der Waals surface area contributed by atoms with Crippen molar-refractivity contribution in [3.8, 4) is 0 Å². The summed E-state index contributed by atoms with van der Waals surface area (Å²) >= 11 is 0. The van der Waals surface area contributed by atoms with Crippen molar-refractivity contribution < 1.29 is 13.2 Å². The lowest BCUT2D eigenvalue weighted by atomic mass is 9.91. The number of rotatable bonds is 6. The van der Waals surface area contributed by atoms with Crippen LogP contribution in [0.2, 0.25) is 0 Å². The van der Waals surface area contributed by atoms with Gasteiger partial charge in [-0.1, -0.05) is 25.7 Å². The van der Waals surface area contributed by atoms with Gasteiger partial charge < -0.3 is 10.2 Å². The van der Waals surface area contributed by atoms with Gasteiger partial charge in [0.15, 0.2) is 0 Å². The van der Waals surface area contributed by atoms with Crippen molar-refractivity contribution in [3.63, 3.8) is 0 Å². The van der Waals surface area contributed by atoms with E-state index >= 15 is 0 Å². The number of carbonyl (C=O) groups is 1. The van der Waals surface area contributed by atoms with E-state index in [9.17, 15) is 13.2 Å². The number of carbonyl (C=O) groups excluding carboxylic acids is 1. The molecule has 1 aliphatic carbocycles. The predicted molar refractivity (Wildman–Crippen MR) is 121 cm³/mol. The Hall–Kier alpha value is -1.44. The highest BCUT2D eigenvalue weighted by Crippen LogP contribution is 2.27. The molecule has 1 atom stereocenters. The van der Waals surface area contributed by atoms with Crippen LogP contribution in [-0.4, -0.2) is 45.4 Å². The number of nitrogens with zero attached hydrogens (tertiary/aromatic N) is 1. The summed E-state index contributed by atoms with van der Waals surface area (Å²) in [6, 6.07) is 4.88. The quantitative estimate of drug-likeness (QED) is 0.664. The molecule has 6 nitrogen and oxygen atoms in total. The van der Waals surface area contributed by atoms with Gasteiger partial charge in [-0.15, -0.1) is 0 Å². The van der Waals surface area contributed by atoms with Gasteiger partial charge >= 0.3 is 0 Å². The molecule has 3 rings (SSSR count). The molecule has 0 bridgehead atoms. The minimum absolute atomic E-state index is 0.0598. The molecule has 0 spiro atoms. The van der Waals surface area contributed by atoms with Crippen molar-refractivity contribution in [2.24, 2.45) is 11.8 Å². The van der Waals surface area contributed by atoms with E-state index in [1.165, 1.54) is 12.8 Å². The van der Waals surface area contributed by atoms with E-state index < -0.39 is 10.0 Å². The van der Waals surface area contributed by atoms with E-state index in [1.807, 2.05) is 13.8 Å². The van der Waals surface area contributed by atoms with Gasteiger partial charge in [0.05, 0.1) is 4.90 Å². The van der Waals surface area contributed by atoms with Crippen LogP contribution in [0.25, 0.3) is 0 Å². The lowest BCUT2D eigenvalue weighted by molar-refractivity contribution is -0.120. The molecule has 1 unspecified atom stereocenters. The second-order valence-electron chi connectivity index (χ2n) is 9.21. The summed E-state index contributed by atoms with van der Waals surface area (Å²) in [5.74, 6) is 0.479. The van der Waals surface area contributed by atoms with Crippen LogP contribution < -0.4 is 10.0 Å². The Morgan fingerprint density at radius 1 is 1.07 bits per heavy atom. The van der Waals surface area contributed by atoms with Crippen LogP contribution >= 0.6 is 0 Å². The monoisotopic (exact) mass is 435 g/mol. The average molecular weight is 436 g/mol. The first-order valence-electron chi connectivity index (χ1n) is 11.4. The summed E-state index contributed by atoms with van der Waals surface area (Å²) in [5.41, 5.74) is 1.47. The number of hydrogen-bond acceptors (Lipinski definition) is 4. The van der Waals surface area contributed by atoms with Crippen molar-refractivity contribution in [3.05, 3.63) is 23.8 Å². The molecule has 1 aliphatic heterocycles. The first kappa shape index (κ1) is 23.2. The van der Waals surface area contributed by atoms with Crippen molar-refractivity contribution in [2.75, 3.05) is 25.5 Å². The fourth-order valence-electron chi connectivity index (χ4n) is 4.66. The van der Waals surface area contributed by atoms with Crippen LogP contribution in [0.3, 0.4) is 0 Å². The molecule has 168 valence electrons. The van der Waals surface area contributed by atoms with Crippen molar-refractivity contribution in [2.45, 2.75) is 76.2 Å². The van der Waals surface area contributed by atoms with Gasteiger partial charge in [-0.05, 0) is 89.3 Å². The van der Waals surface area contributed by atoms with E-state index in [4.69, 9.17) is 0 Å². The van der Waals surface area contributed by atoms with Crippen LogP contribution in [0.15, 0.2) is 23.1 Å². The normalized spacial score (nSPS) is 21.2. The van der Waals surface area contributed by atoms with E-state index in [0.717, 1.165) is 57.2 Å². The minimum atomic E-state index is -3.59. The summed E-state index contributed by atoms with van der Waals surface area (Å²) in [6.07, 6.45) is 8.52. The van der Waals surface area contributed by atoms with Crippen LogP contribution in [0, 0.1) is 18.8 Å². The summed E-state index contributed by atoms with van der Waals surface area (Å²) in [4.78, 5) is 15.2. The van der Waals surface area contributed by atoms with Gasteiger partial charge in [-0.25, -0.2) is 13.1 Å². The third-order valence-electron chi connectivity index (χ3n) is 6.80. The molecule has 30 heavy (non-hydrogen) atoms. The Morgan fingerprint density at radius 3 is 2.30 bits per heavy atom. The Kier molecular flexibility index (Phi) is 7.93. The standard InChI is InChI=1S/C23H37N3O3S/c1-17-16-21(30(28,29)25-18(2)19-12-14-26(3)15-13-19)10-11-22(17)24-23(27)20-8-6-4-5-7-9-20/h10-11,16,18-20,25H,4-9,12-15H2,1-3H3,(H,24,27). The number of piperidine rings is 1. The average Bonchev–Trinajstić information content (AvgIpc) is 2.99. The third kappa shape index (κ3) is 6.05. The molecular formula is C23H37N3O3S. The topological polar surface area (TPSA) is 78.5 Å². The molecule has 1 saturated heterocycles. The molecule has 0 radical (unpaired) electrons. The number of nitrogens with one attached hydrogen (secondary N) is 2. The first-order valence-corrected chi connectivity index (χ1v) is 12.9. The number of hydrogen-bond donors (Lipinski definition) is 2. The molecular weight excluding hydrogens is 398 g/mol. The molecule has 1 amide bonds. The molecule has 1 aromatic rings. The highest BCUT2D eigenvalue weighted by molar-refractivity contribution is 7.89. The molecule has 2 N–H and O–H groups in total. The molecule has 0 aromatic heterocycles. The van der Waals surface area contributed by atoms with E-state index in [-0.39, 0.29) is 22.8 Å². The largest absolute Gasteiger partial charge is 0.326 e. The SMILES string of the molecule is Cc1cc(S(=O)(=O)NC(C)C2CCN(C)CC2)ccc1NC(=O)C1CCCCCC1. The maximum atomic E-state index is 12.9. The number of benzene rings is 1. The van der Waals surface area contributed by atoms with Crippen LogP contribution in [0.5, 0.6) is 0 Å². The number of likely N-dealkylation sites (tertiary alicyclic amines) is 1. The van der Waals surface area contributed by atoms with Crippen molar-refractivity contribution >= 4 is 21.6 Å². The Bertz CT molecular complexity index is 824. The van der Waals surface area contributed by atoms with Gasteiger partial charge in [0.2, 0.25) is 15.9 Å². The van der Waals surface area contributed by atoms with Crippen LogP contribution in [0.1, 0.15) is 63.9 Å². The van der Waals surface area contributed by atoms with Crippen LogP contribution in [0.4, 0.5) is 5.69 Å². The molecule has 2 aliphatic rings. The third-order valence-corrected chi connectivity index (χ3v) is 8.36. The zero-order chi connectivity index (χ0) is 21.7. The smallest absolute Gasteiger partial charge is 0.240 e. The van der Waals surface area contributed by atoms with Gasteiger partial charge in [0, 0.05) is 17.6 Å². The first-order chi connectivity index (χ1) is 14.3. The zero-order valence-electron chi connectivity index (χ0n) is 18.6. The Labute approximate surface area is 181 Å². The van der Waals surface area contributed by atoms with Crippen LogP contribution in [-0.2, 0) is 14.8 Å². The Balaban J connectivity index is 1.63. The summed E-state index contributed by atoms with van der Waals surface area (Å²) < 4.78 is 28.7. The lowest BCUT2D eigenvalue weighted by Crippen LogP contribution is -2.43. The summed E-state index contributed by atoms with van der Waals surface area (Å²) in [5, 5.41) is 3.02. The maximum absolute atomic E-state index is 12.9. The van der Waals surface area contributed by atoms with Gasteiger partial charge in [-0.2, -0.15) is 0 Å². The summed E-state index contributed by atoms with van der Waals surface area (Å²) in [6.45, 7) is 5.82. The highest BCUT2D eigenvalue weighted by atomic mass is 32.2. The molecule has 1 heterocycles. The maximum Gasteiger partial charge on any atom is 0.240 e. The fourth-order valence-corrected chi connectivity index (χ4v) is 6.05. The fraction of sp³-hybridized carbons (Fsp3) is 0.696.